The summed E-state index contributed by atoms with van der Waals surface area (Å²) in [6.07, 6.45) is 0. The van der Waals surface area contributed by atoms with Crippen LogP contribution < -0.4 is 9.64 Å². The second-order valence-electron chi connectivity index (χ2n) is 6.65. The second-order valence-corrected chi connectivity index (χ2v) is 7.65. The van der Waals surface area contributed by atoms with E-state index < -0.39 is 4.92 Å². The average Bonchev–Trinajstić information content (AvgIpc) is 3.17. The normalized spacial score (nSPS) is 14.2. The molecule has 1 aromatic heterocycles. The number of carbonyl (C=O) groups is 1. The number of hydrogen-bond donors (Lipinski definition) is 0. The number of benzene rings is 2. The Morgan fingerprint density at radius 3 is 2.72 bits per heavy atom. The van der Waals surface area contributed by atoms with Crippen molar-refractivity contribution < 1.29 is 14.5 Å². The number of carbonyl (C=O) groups excluding carboxylic acids is 1. The molecule has 0 aliphatic carbocycles. The first-order valence-corrected chi connectivity index (χ1v) is 10.2. The van der Waals surface area contributed by atoms with Gasteiger partial charge in [-0.25, -0.2) is 4.98 Å². The van der Waals surface area contributed by atoms with E-state index >= 15 is 0 Å². The first-order chi connectivity index (χ1) is 14.0. The molecule has 9 heteroatoms. The van der Waals surface area contributed by atoms with Crippen LogP contribution in [0.3, 0.4) is 0 Å². The smallest absolute Gasteiger partial charge is 0.270 e. The van der Waals surface area contributed by atoms with Crippen LogP contribution in [0.5, 0.6) is 5.75 Å². The second kappa shape index (κ2) is 8.04. The summed E-state index contributed by atoms with van der Waals surface area (Å²) < 4.78 is 6.62. The number of amides is 1. The zero-order chi connectivity index (χ0) is 20.4. The molecular weight excluding hydrogens is 392 g/mol. The number of rotatable bonds is 5. The molecule has 1 aliphatic heterocycles. The van der Waals surface area contributed by atoms with Gasteiger partial charge in [0.15, 0.2) is 5.13 Å². The Morgan fingerprint density at radius 1 is 1.21 bits per heavy atom. The molecule has 150 valence electrons. The Kier molecular flexibility index (Phi) is 5.30. The molecule has 1 aliphatic rings. The molecule has 0 saturated carbocycles. The minimum absolute atomic E-state index is 0.0737. The molecule has 29 heavy (non-hydrogen) atoms. The number of nitro groups is 1. The highest BCUT2D eigenvalue weighted by Crippen LogP contribution is 2.32. The van der Waals surface area contributed by atoms with Crippen LogP contribution in [-0.2, 0) is 0 Å². The number of ether oxygens (including phenoxy) is 1. The molecule has 0 atom stereocenters. The fourth-order valence-electron chi connectivity index (χ4n) is 3.32. The van der Waals surface area contributed by atoms with Crippen molar-refractivity contribution in [2.45, 2.75) is 6.92 Å². The van der Waals surface area contributed by atoms with Crippen molar-refractivity contribution in [2.75, 3.05) is 37.7 Å². The van der Waals surface area contributed by atoms with Gasteiger partial charge in [-0.05, 0) is 31.2 Å². The van der Waals surface area contributed by atoms with Gasteiger partial charge in [-0.1, -0.05) is 17.4 Å². The van der Waals surface area contributed by atoms with Crippen molar-refractivity contribution in [3.8, 4) is 5.75 Å². The number of piperazine rings is 1. The number of non-ortho nitro benzene ring substituents is 1. The Balaban J connectivity index is 1.44. The predicted octanol–water partition coefficient (Wildman–Crippen LogP) is 3.57. The molecule has 1 saturated heterocycles. The summed E-state index contributed by atoms with van der Waals surface area (Å²) in [6.45, 7) is 5.00. The summed E-state index contributed by atoms with van der Waals surface area (Å²) in [5, 5.41) is 11.9. The maximum Gasteiger partial charge on any atom is 0.270 e. The highest BCUT2D eigenvalue weighted by Gasteiger charge is 2.25. The maximum absolute atomic E-state index is 12.7. The standard InChI is InChI=1S/C20H20N4O4S/c1-2-28-16-6-7-17-18(13-16)29-20(21-17)23-10-8-22(9-11-23)19(25)14-4-3-5-15(12-14)24(26)27/h3-7,12-13H,2,8-11H2,1H3. The third kappa shape index (κ3) is 4.00. The Morgan fingerprint density at radius 2 is 2.00 bits per heavy atom. The number of nitro benzene ring substituents is 1. The lowest BCUT2D eigenvalue weighted by molar-refractivity contribution is -0.384. The molecule has 4 rings (SSSR count). The van der Waals surface area contributed by atoms with Crippen molar-refractivity contribution in [3.63, 3.8) is 0 Å². The minimum Gasteiger partial charge on any atom is -0.494 e. The van der Waals surface area contributed by atoms with Gasteiger partial charge < -0.3 is 14.5 Å². The molecule has 8 nitrogen and oxygen atoms in total. The topological polar surface area (TPSA) is 88.8 Å². The number of fused-ring (bicyclic) bond motifs is 1. The van der Waals surface area contributed by atoms with Crippen LogP contribution in [0.4, 0.5) is 10.8 Å². The average molecular weight is 412 g/mol. The predicted molar refractivity (Wildman–Crippen MR) is 112 cm³/mol. The Bertz CT molecular complexity index is 1060. The number of thiazole rings is 1. The van der Waals surface area contributed by atoms with Crippen molar-refractivity contribution in [1.82, 2.24) is 9.88 Å². The monoisotopic (exact) mass is 412 g/mol. The van der Waals surface area contributed by atoms with Crippen LogP contribution >= 0.6 is 11.3 Å². The zero-order valence-electron chi connectivity index (χ0n) is 15.9. The van der Waals surface area contributed by atoms with E-state index in [0.717, 1.165) is 21.1 Å². The molecule has 2 heterocycles. The van der Waals surface area contributed by atoms with Gasteiger partial charge in [0, 0.05) is 43.9 Å². The van der Waals surface area contributed by atoms with Crippen LogP contribution in [0.25, 0.3) is 10.2 Å². The van der Waals surface area contributed by atoms with E-state index in [2.05, 4.69) is 4.90 Å². The van der Waals surface area contributed by atoms with Gasteiger partial charge in [-0.2, -0.15) is 0 Å². The van der Waals surface area contributed by atoms with Crippen LogP contribution in [0.2, 0.25) is 0 Å². The number of aromatic nitrogens is 1. The molecule has 0 bridgehead atoms. The fraction of sp³-hybridized carbons (Fsp3) is 0.300. The van der Waals surface area contributed by atoms with Gasteiger partial charge in [0.1, 0.15) is 5.75 Å². The lowest BCUT2D eigenvalue weighted by Crippen LogP contribution is -2.48. The number of anilines is 1. The summed E-state index contributed by atoms with van der Waals surface area (Å²) >= 11 is 1.61. The van der Waals surface area contributed by atoms with Crippen LogP contribution in [0, 0.1) is 10.1 Å². The molecule has 0 radical (unpaired) electrons. The molecule has 0 N–H and O–H groups in total. The number of hydrogen-bond acceptors (Lipinski definition) is 7. The molecule has 1 fully saturated rings. The van der Waals surface area contributed by atoms with E-state index in [0.29, 0.717) is 38.3 Å². The Hall–Kier alpha value is -3.20. The van der Waals surface area contributed by atoms with Gasteiger partial charge in [0.25, 0.3) is 11.6 Å². The largest absolute Gasteiger partial charge is 0.494 e. The van der Waals surface area contributed by atoms with E-state index in [1.165, 1.54) is 12.1 Å². The van der Waals surface area contributed by atoms with Crippen molar-refractivity contribution >= 4 is 38.3 Å². The Labute approximate surface area is 171 Å². The zero-order valence-corrected chi connectivity index (χ0v) is 16.7. The highest BCUT2D eigenvalue weighted by atomic mass is 32.1. The molecule has 1 amide bonds. The van der Waals surface area contributed by atoms with E-state index in [1.54, 1.807) is 28.4 Å². The highest BCUT2D eigenvalue weighted by molar-refractivity contribution is 7.22. The molecule has 0 spiro atoms. The van der Waals surface area contributed by atoms with E-state index in [9.17, 15) is 14.9 Å². The van der Waals surface area contributed by atoms with Gasteiger partial charge >= 0.3 is 0 Å². The first-order valence-electron chi connectivity index (χ1n) is 9.37. The lowest BCUT2D eigenvalue weighted by atomic mass is 10.1. The van der Waals surface area contributed by atoms with E-state index in [1.807, 2.05) is 25.1 Å². The maximum atomic E-state index is 12.7. The van der Waals surface area contributed by atoms with Gasteiger partial charge in [0.2, 0.25) is 0 Å². The van der Waals surface area contributed by atoms with E-state index in [4.69, 9.17) is 9.72 Å². The quantitative estimate of drug-likeness (QED) is 0.470. The fourth-order valence-corrected chi connectivity index (χ4v) is 4.37. The van der Waals surface area contributed by atoms with Crippen LogP contribution in [0.15, 0.2) is 42.5 Å². The summed E-state index contributed by atoms with van der Waals surface area (Å²) in [5.41, 5.74) is 1.20. The molecule has 3 aromatic rings. The summed E-state index contributed by atoms with van der Waals surface area (Å²) in [4.78, 5) is 31.8. The van der Waals surface area contributed by atoms with Gasteiger partial charge in [0.05, 0.1) is 21.7 Å². The van der Waals surface area contributed by atoms with Crippen LogP contribution in [0.1, 0.15) is 17.3 Å². The minimum atomic E-state index is -0.487. The van der Waals surface area contributed by atoms with Gasteiger partial charge in [-0.3, -0.25) is 14.9 Å². The lowest BCUT2D eigenvalue weighted by Gasteiger charge is -2.34. The van der Waals surface area contributed by atoms with E-state index in [-0.39, 0.29) is 11.6 Å². The SMILES string of the molecule is CCOc1ccc2nc(N3CCN(C(=O)c4cccc([N+](=O)[O-])c4)CC3)sc2c1. The summed E-state index contributed by atoms with van der Waals surface area (Å²) in [6, 6.07) is 11.8. The van der Waals surface area contributed by atoms with Crippen molar-refractivity contribution in [1.29, 1.82) is 0 Å². The molecular formula is C20H20N4O4S. The molecule has 0 unspecified atom stereocenters. The third-order valence-electron chi connectivity index (χ3n) is 4.80. The third-order valence-corrected chi connectivity index (χ3v) is 5.88. The van der Waals surface area contributed by atoms with Crippen molar-refractivity contribution in [3.05, 3.63) is 58.1 Å². The summed E-state index contributed by atoms with van der Waals surface area (Å²) in [5.74, 6) is 0.654. The van der Waals surface area contributed by atoms with Crippen LogP contribution in [-0.4, -0.2) is 53.5 Å². The number of nitrogens with zero attached hydrogens (tertiary/aromatic N) is 4. The van der Waals surface area contributed by atoms with Gasteiger partial charge in [-0.15, -0.1) is 0 Å². The first kappa shape index (κ1) is 19.1. The summed E-state index contributed by atoms with van der Waals surface area (Å²) in [7, 11) is 0. The van der Waals surface area contributed by atoms with Crippen molar-refractivity contribution in [2.24, 2.45) is 0 Å². The molecule has 2 aromatic carbocycles.